The molecule has 0 bridgehead atoms. The minimum Gasteiger partial charge on any atom is -0.490 e. The van der Waals surface area contributed by atoms with E-state index in [1.54, 1.807) is 0 Å². The molecule has 3 rings (SSSR count). The maximum Gasteiger partial charge on any atom is 0.236 e. The van der Waals surface area contributed by atoms with E-state index >= 15 is 0 Å². The van der Waals surface area contributed by atoms with E-state index in [1.807, 2.05) is 36.1 Å². The molecule has 0 saturated carbocycles. The minimum atomic E-state index is -0.883. The molecule has 5 nitrogen and oxygen atoms in total. The lowest BCUT2D eigenvalue weighted by Gasteiger charge is -2.39. The predicted octanol–water partition coefficient (Wildman–Crippen LogP) is 1.82. The van der Waals surface area contributed by atoms with Crippen molar-refractivity contribution in [1.82, 2.24) is 9.80 Å². The zero-order chi connectivity index (χ0) is 17.0. The monoisotopic (exact) mass is 332 g/mol. The van der Waals surface area contributed by atoms with Crippen LogP contribution < -0.4 is 4.74 Å². The number of likely N-dealkylation sites (tertiary alicyclic amines) is 2. The van der Waals surface area contributed by atoms with Crippen molar-refractivity contribution in [1.29, 1.82) is 0 Å². The lowest BCUT2D eigenvalue weighted by molar-refractivity contribution is -0.133. The summed E-state index contributed by atoms with van der Waals surface area (Å²) in [7, 11) is 0. The van der Waals surface area contributed by atoms with Gasteiger partial charge in [0.15, 0.2) is 0 Å². The molecule has 0 aromatic heterocycles. The Morgan fingerprint density at radius 2 is 1.96 bits per heavy atom. The normalized spacial score (nSPS) is 25.0. The van der Waals surface area contributed by atoms with Crippen LogP contribution in [-0.4, -0.2) is 65.7 Å². The molecule has 132 valence electrons. The van der Waals surface area contributed by atoms with Crippen LogP contribution in [0.2, 0.25) is 0 Å². The molecule has 2 saturated heterocycles. The summed E-state index contributed by atoms with van der Waals surface area (Å²) in [6.07, 6.45) is 3.83. The molecular weight excluding hydrogens is 304 g/mol. The van der Waals surface area contributed by atoms with Gasteiger partial charge in [0.05, 0.1) is 6.54 Å². The first-order valence-electron chi connectivity index (χ1n) is 8.97. The lowest BCUT2D eigenvalue weighted by atomic mass is 9.93. The number of piperidine rings is 1. The zero-order valence-corrected chi connectivity index (χ0v) is 14.5. The van der Waals surface area contributed by atoms with Gasteiger partial charge in [0.1, 0.15) is 18.0 Å². The Hall–Kier alpha value is -1.59. The van der Waals surface area contributed by atoms with Crippen molar-refractivity contribution in [2.75, 3.05) is 39.3 Å². The van der Waals surface area contributed by atoms with Gasteiger partial charge in [0, 0.05) is 19.6 Å². The molecule has 0 unspecified atom stereocenters. The molecule has 2 fully saturated rings. The van der Waals surface area contributed by atoms with E-state index in [2.05, 4.69) is 4.90 Å². The van der Waals surface area contributed by atoms with Crippen LogP contribution in [-0.2, 0) is 4.79 Å². The Labute approximate surface area is 144 Å². The van der Waals surface area contributed by atoms with Crippen molar-refractivity contribution >= 4 is 5.91 Å². The topological polar surface area (TPSA) is 53.0 Å². The number of aryl methyl sites for hydroxylation is 1. The van der Waals surface area contributed by atoms with Gasteiger partial charge in [-0.25, -0.2) is 0 Å². The number of carbonyl (C=O) groups is 1. The summed E-state index contributed by atoms with van der Waals surface area (Å²) in [5.74, 6) is 1.01. The van der Waals surface area contributed by atoms with Gasteiger partial charge < -0.3 is 14.7 Å². The summed E-state index contributed by atoms with van der Waals surface area (Å²) in [5.41, 5.74) is 0.184. The average molecular weight is 332 g/mol. The molecule has 24 heavy (non-hydrogen) atoms. The molecule has 0 spiro atoms. The Morgan fingerprint density at radius 1 is 1.21 bits per heavy atom. The Balaban J connectivity index is 1.53. The molecule has 5 heteroatoms. The van der Waals surface area contributed by atoms with Crippen LogP contribution in [0.25, 0.3) is 0 Å². The molecule has 2 heterocycles. The third kappa shape index (κ3) is 4.28. The van der Waals surface area contributed by atoms with E-state index in [9.17, 15) is 9.90 Å². The van der Waals surface area contributed by atoms with Gasteiger partial charge in [-0.3, -0.25) is 9.69 Å². The van der Waals surface area contributed by atoms with E-state index < -0.39 is 5.60 Å². The van der Waals surface area contributed by atoms with Crippen LogP contribution in [0.5, 0.6) is 5.75 Å². The highest BCUT2D eigenvalue weighted by Crippen LogP contribution is 2.24. The number of rotatable bonds is 5. The van der Waals surface area contributed by atoms with E-state index in [-0.39, 0.29) is 12.5 Å². The lowest BCUT2D eigenvalue weighted by Crippen LogP contribution is -2.53. The first kappa shape index (κ1) is 17.2. The number of amides is 1. The van der Waals surface area contributed by atoms with Crippen LogP contribution in [0.4, 0.5) is 0 Å². The largest absolute Gasteiger partial charge is 0.490 e. The maximum absolute atomic E-state index is 12.3. The fourth-order valence-corrected chi connectivity index (χ4v) is 3.65. The summed E-state index contributed by atoms with van der Waals surface area (Å²) in [4.78, 5) is 16.3. The fraction of sp³-hybridized carbons (Fsp3) is 0.632. The number of ether oxygens (including phenoxy) is 1. The smallest absolute Gasteiger partial charge is 0.236 e. The Bertz CT molecular complexity index is 571. The first-order chi connectivity index (χ1) is 11.6. The average Bonchev–Trinajstić information content (AvgIpc) is 3.09. The SMILES string of the molecule is Cc1ccccc1OC[C@]1(O)CCCN(CC(=O)N2CCCC2)C1. The van der Waals surface area contributed by atoms with E-state index in [1.165, 1.54) is 0 Å². The van der Waals surface area contributed by atoms with Crippen molar-refractivity contribution in [2.45, 2.75) is 38.2 Å². The number of para-hydroxylation sites is 1. The maximum atomic E-state index is 12.3. The number of aliphatic hydroxyl groups is 1. The van der Waals surface area contributed by atoms with Crippen LogP contribution in [0, 0.1) is 6.92 Å². The summed E-state index contributed by atoms with van der Waals surface area (Å²) in [6.45, 7) is 5.81. The summed E-state index contributed by atoms with van der Waals surface area (Å²) in [6, 6.07) is 7.84. The molecule has 1 amide bonds. The van der Waals surface area contributed by atoms with Gasteiger partial charge in [-0.15, -0.1) is 0 Å². The number of carbonyl (C=O) groups excluding carboxylic acids is 1. The van der Waals surface area contributed by atoms with Crippen molar-refractivity contribution in [2.24, 2.45) is 0 Å². The van der Waals surface area contributed by atoms with Gasteiger partial charge in [0.25, 0.3) is 0 Å². The molecule has 1 N–H and O–H groups in total. The van der Waals surface area contributed by atoms with Crippen LogP contribution >= 0.6 is 0 Å². The third-order valence-corrected chi connectivity index (χ3v) is 5.04. The van der Waals surface area contributed by atoms with Crippen LogP contribution in [0.15, 0.2) is 24.3 Å². The van der Waals surface area contributed by atoms with Gasteiger partial charge in [-0.2, -0.15) is 0 Å². The van der Waals surface area contributed by atoms with E-state index in [0.29, 0.717) is 19.5 Å². The van der Waals surface area contributed by atoms with Crippen molar-refractivity contribution in [3.63, 3.8) is 0 Å². The van der Waals surface area contributed by atoms with E-state index in [0.717, 1.165) is 50.2 Å². The van der Waals surface area contributed by atoms with E-state index in [4.69, 9.17) is 4.74 Å². The quantitative estimate of drug-likeness (QED) is 0.894. The molecular formula is C19H28N2O3. The summed E-state index contributed by atoms with van der Waals surface area (Å²) < 4.78 is 5.86. The number of β-amino-alcohol motifs (C(OH)–C–C–N with tert-alkyl or cyclic N) is 1. The van der Waals surface area contributed by atoms with Gasteiger partial charge in [-0.1, -0.05) is 18.2 Å². The van der Waals surface area contributed by atoms with Crippen molar-refractivity contribution in [3.8, 4) is 5.75 Å². The molecule has 0 aliphatic carbocycles. The minimum absolute atomic E-state index is 0.191. The highest BCUT2D eigenvalue weighted by atomic mass is 16.5. The Morgan fingerprint density at radius 3 is 2.71 bits per heavy atom. The molecule has 2 aliphatic heterocycles. The van der Waals surface area contributed by atoms with Gasteiger partial charge >= 0.3 is 0 Å². The second-order valence-electron chi connectivity index (χ2n) is 7.18. The number of nitrogens with zero attached hydrogens (tertiary/aromatic N) is 2. The van der Waals surface area contributed by atoms with Gasteiger partial charge in [0.2, 0.25) is 5.91 Å². The second-order valence-corrected chi connectivity index (χ2v) is 7.18. The molecule has 0 radical (unpaired) electrons. The predicted molar refractivity (Wildman–Crippen MR) is 93.1 cm³/mol. The zero-order valence-electron chi connectivity index (χ0n) is 14.5. The van der Waals surface area contributed by atoms with Gasteiger partial charge in [-0.05, 0) is 50.8 Å². The molecule has 1 atom stereocenters. The summed E-state index contributed by atoms with van der Waals surface area (Å²) in [5, 5.41) is 10.9. The third-order valence-electron chi connectivity index (χ3n) is 5.04. The molecule has 1 aromatic rings. The first-order valence-corrected chi connectivity index (χ1v) is 8.97. The number of hydrogen-bond donors (Lipinski definition) is 1. The molecule has 1 aromatic carbocycles. The standard InChI is InChI=1S/C19H28N2O3/c1-16-7-2-3-8-17(16)24-15-19(23)9-6-10-20(14-19)13-18(22)21-11-4-5-12-21/h2-3,7-8,23H,4-6,9-15H2,1H3/t19-/m0/s1. The fourth-order valence-electron chi connectivity index (χ4n) is 3.65. The number of hydrogen-bond acceptors (Lipinski definition) is 4. The highest BCUT2D eigenvalue weighted by Gasteiger charge is 2.35. The van der Waals surface area contributed by atoms with Crippen molar-refractivity contribution < 1.29 is 14.6 Å². The van der Waals surface area contributed by atoms with Crippen molar-refractivity contribution in [3.05, 3.63) is 29.8 Å². The molecule has 2 aliphatic rings. The summed E-state index contributed by atoms with van der Waals surface area (Å²) >= 11 is 0. The van der Waals surface area contributed by atoms with Crippen LogP contribution in [0.1, 0.15) is 31.2 Å². The highest BCUT2D eigenvalue weighted by molar-refractivity contribution is 5.78. The van der Waals surface area contributed by atoms with Crippen LogP contribution in [0.3, 0.4) is 0 Å². The second kappa shape index (κ2) is 7.53. The Kier molecular flexibility index (Phi) is 5.41. The number of benzene rings is 1.